The smallest absolute Gasteiger partial charge is 0.318 e. The minimum atomic E-state index is -0.524. The second-order valence-corrected chi connectivity index (χ2v) is 9.47. The highest BCUT2D eigenvalue weighted by molar-refractivity contribution is 6.33. The van der Waals surface area contributed by atoms with Crippen molar-refractivity contribution >= 4 is 34.8 Å². The molecule has 7 heteroatoms. The van der Waals surface area contributed by atoms with Gasteiger partial charge in [-0.3, -0.25) is 9.69 Å². The van der Waals surface area contributed by atoms with Gasteiger partial charge in [0.2, 0.25) is 5.91 Å². The van der Waals surface area contributed by atoms with Gasteiger partial charge < -0.3 is 15.5 Å². The fourth-order valence-electron chi connectivity index (χ4n) is 3.88. The van der Waals surface area contributed by atoms with Gasteiger partial charge in [-0.25, -0.2) is 4.79 Å². The first kappa shape index (κ1) is 24.8. The Morgan fingerprint density at radius 3 is 2.55 bits per heavy atom. The molecule has 2 aromatic rings. The summed E-state index contributed by atoms with van der Waals surface area (Å²) < 4.78 is 0. The molecule has 0 saturated carbocycles. The van der Waals surface area contributed by atoms with E-state index in [2.05, 4.69) is 28.2 Å². The average molecular weight is 469 g/mol. The molecular weight excluding hydrogens is 436 g/mol. The zero-order valence-corrected chi connectivity index (χ0v) is 20.4. The first-order valence-electron chi connectivity index (χ1n) is 11.3. The van der Waals surface area contributed by atoms with E-state index in [0.29, 0.717) is 30.3 Å². The van der Waals surface area contributed by atoms with Crippen molar-refractivity contribution in [3.05, 3.63) is 71.3 Å². The van der Waals surface area contributed by atoms with Gasteiger partial charge in [-0.1, -0.05) is 54.1 Å². The van der Waals surface area contributed by atoms with Crippen LogP contribution < -0.4 is 10.6 Å². The number of anilines is 1. The van der Waals surface area contributed by atoms with Gasteiger partial charge in [0.05, 0.1) is 22.8 Å². The standard InChI is InChI=1S/C26H33ClN4O2/c1-19(2)20-9-7-10-21(17-20)26(3,4)29-25(33)31-14-8-13-30(15-16-31)18-24(32)28-23-12-6-5-11-22(23)27/h5-7,9-12,17H,1,8,13-16,18H2,2-4H3,(H,28,32)(H,29,33). The second-order valence-electron chi connectivity index (χ2n) is 9.06. The van der Waals surface area contributed by atoms with Crippen molar-refractivity contribution < 1.29 is 9.59 Å². The van der Waals surface area contributed by atoms with E-state index in [-0.39, 0.29) is 18.5 Å². The Morgan fingerprint density at radius 2 is 1.82 bits per heavy atom. The monoisotopic (exact) mass is 468 g/mol. The summed E-state index contributed by atoms with van der Waals surface area (Å²) in [4.78, 5) is 29.4. The van der Waals surface area contributed by atoms with Crippen LogP contribution in [0.3, 0.4) is 0 Å². The first-order chi connectivity index (χ1) is 15.7. The van der Waals surface area contributed by atoms with Gasteiger partial charge in [-0.2, -0.15) is 0 Å². The van der Waals surface area contributed by atoms with Crippen LogP contribution >= 0.6 is 11.6 Å². The van der Waals surface area contributed by atoms with Crippen molar-refractivity contribution in [2.45, 2.75) is 32.7 Å². The summed E-state index contributed by atoms with van der Waals surface area (Å²) >= 11 is 6.13. The molecule has 176 valence electrons. The maximum Gasteiger partial charge on any atom is 0.318 e. The minimum absolute atomic E-state index is 0.0944. The lowest BCUT2D eigenvalue weighted by Gasteiger charge is -2.31. The fraction of sp³-hybridized carbons (Fsp3) is 0.385. The number of amides is 3. The molecule has 1 saturated heterocycles. The van der Waals surface area contributed by atoms with Gasteiger partial charge in [0.1, 0.15) is 0 Å². The van der Waals surface area contributed by atoms with E-state index in [1.807, 2.05) is 56.0 Å². The first-order valence-corrected chi connectivity index (χ1v) is 11.6. The number of rotatable bonds is 6. The lowest BCUT2D eigenvalue weighted by atomic mass is 9.92. The van der Waals surface area contributed by atoms with Crippen LogP contribution in [-0.4, -0.2) is 54.5 Å². The van der Waals surface area contributed by atoms with Gasteiger partial charge in [-0.05, 0) is 56.5 Å². The van der Waals surface area contributed by atoms with E-state index in [1.54, 1.807) is 12.1 Å². The van der Waals surface area contributed by atoms with Crippen molar-refractivity contribution in [3.63, 3.8) is 0 Å². The molecule has 33 heavy (non-hydrogen) atoms. The third kappa shape index (κ3) is 6.83. The molecule has 3 rings (SSSR count). The number of benzene rings is 2. The molecule has 0 bridgehead atoms. The van der Waals surface area contributed by atoms with E-state index in [0.717, 1.165) is 29.7 Å². The largest absolute Gasteiger partial charge is 0.329 e. The van der Waals surface area contributed by atoms with Crippen LogP contribution in [0.15, 0.2) is 55.1 Å². The second kappa shape index (κ2) is 10.9. The Morgan fingerprint density at radius 1 is 1.06 bits per heavy atom. The lowest BCUT2D eigenvalue weighted by molar-refractivity contribution is -0.117. The maximum absolute atomic E-state index is 13.1. The van der Waals surface area contributed by atoms with E-state index in [9.17, 15) is 9.59 Å². The summed E-state index contributed by atoms with van der Waals surface area (Å²) in [6.07, 6.45) is 0.804. The van der Waals surface area contributed by atoms with Crippen molar-refractivity contribution in [2.75, 3.05) is 38.0 Å². The number of urea groups is 1. The van der Waals surface area contributed by atoms with E-state index >= 15 is 0 Å². The van der Waals surface area contributed by atoms with Crippen LogP contribution in [0.5, 0.6) is 0 Å². The fourth-order valence-corrected chi connectivity index (χ4v) is 4.06. The molecule has 1 aliphatic rings. The number of hydrogen-bond acceptors (Lipinski definition) is 3. The predicted molar refractivity (Wildman–Crippen MR) is 135 cm³/mol. The Kier molecular flexibility index (Phi) is 8.16. The van der Waals surface area contributed by atoms with E-state index < -0.39 is 5.54 Å². The van der Waals surface area contributed by atoms with Crippen LogP contribution in [-0.2, 0) is 10.3 Å². The number of para-hydroxylation sites is 1. The molecule has 6 nitrogen and oxygen atoms in total. The molecular formula is C26H33ClN4O2. The molecule has 1 fully saturated rings. The Labute approximate surface area is 201 Å². The normalized spacial score (nSPS) is 15.0. The average Bonchev–Trinajstić information content (AvgIpc) is 3.01. The number of hydrogen-bond donors (Lipinski definition) is 2. The molecule has 3 amide bonds. The number of carbonyl (C=O) groups is 2. The summed E-state index contributed by atoms with van der Waals surface area (Å²) in [6.45, 7) is 12.9. The lowest BCUT2D eigenvalue weighted by Crippen LogP contribution is -2.49. The van der Waals surface area contributed by atoms with Gasteiger partial charge in [-0.15, -0.1) is 0 Å². The molecule has 0 spiro atoms. The number of halogens is 1. The zero-order chi connectivity index (χ0) is 24.0. The Hall–Kier alpha value is -2.83. The molecule has 2 aromatic carbocycles. The third-order valence-electron chi connectivity index (χ3n) is 5.89. The van der Waals surface area contributed by atoms with Crippen molar-refractivity contribution in [3.8, 4) is 0 Å². The third-order valence-corrected chi connectivity index (χ3v) is 6.22. The summed E-state index contributed by atoms with van der Waals surface area (Å²) in [7, 11) is 0. The Balaban J connectivity index is 1.55. The number of nitrogens with one attached hydrogen (secondary N) is 2. The summed E-state index contributed by atoms with van der Waals surface area (Å²) in [5.74, 6) is -0.112. The SMILES string of the molecule is C=C(C)c1cccc(C(C)(C)NC(=O)N2CCCN(CC(=O)Nc3ccccc3Cl)CC2)c1. The summed E-state index contributed by atoms with van der Waals surface area (Å²) in [6, 6.07) is 15.2. The quantitative estimate of drug-likeness (QED) is 0.629. The molecule has 1 aliphatic heterocycles. The molecule has 0 atom stereocenters. The van der Waals surface area contributed by atoms with E-state index in [4.69, 9.17) is 11.6 Å². The molecule has 2 N–H and O–H groups in total. The summed E-state index contributed by atoms with van der Waals surface area (Å²) in [5, 5.41) is 6.55. The van der Waals surface area contributed by atoms with Crippen molar-refractivity contribution in [1.29, 1.82) is 0 Å². The highest BCUT2D eigenvalue weighted by Gasteiger charge is 2.27. The van der Waals surface area contributed by atoms with Crippen molar-refractivity contribution in [1.82, 2.24) is 15.1 Å². The molecule has 0 aromatic heterocycles. The molecule has 0 unspecified atom stereocenters. The van der Waals surface area contributed by atoms with Crippen LogP contribution in [0.4, 0.5) is 10.5 Å². The van der Waals surface area contributed by atoms with Gasteiger partial charge >= 0.3 is 6.03 Å². The van der Waals surface area contributed by atoms with Gasteiger partial charge in [0.15, 0.2) is 0 Å². The minimum Gasteiger partial charge on any atom is -0.329 e. The van der Waals surface area contributed by atoms with Crippen LogP contribution in [0.1, 0.15) is 38.3 Å². The Bertz CT molecular complexity index is 1020. The molecule has 0 aliphatic carbocycles. The van der Waals surface area contributed by atoms with Crippen LogP contribution in [0, 0.1) is 0 Å². The highest BCUT2D eigenvalue weighted by Crippen LogP contribution is 2.24. The maximum atomic E-state index is 13.1. The predicted octanol–water partition coefficient (Wildman–Crippen LogP) is 4.96. The van der Waals surface area contributed by atoms with Crippen LogP contribution in [0.2, 0.25) is 5.02 Å². The van der Waals surface area contributed by atoms with Crippen LogP contribution in [0.25, 0.3) is 5.57 Å². The highest BCUT2D eigenvalue weighted by atomic mass is 35.5. The van der Waals surface area contributed by atoms with Crippen molar-refractivity contribution in [2.24, 2.45) is 0 Å². The summed E-state index contributed by atoms with van der Waals surface area (Å²) in [5.41, 5.74) is 3.17. The van der Waals surface area contributed by atoms with Gasteiger partial charge in [0.25, 0.3) is 0 Å². The van der Waals surface area contributed by atoms with E-state index in [1.165, 1.54) is 0 Å². The molecule has 0 radical (unpaired) electrons. The number of allylic oxidation sites excluding steroid dienone is 1. The zero-order valence-electron chi connectivity index (χ0n) is 19.7. The topological polar surface area (TPSA) is 64.7 Å². The number of nitrogens with zero attached hydrogens (tertiary/aromatic N) is 2. The number of carbonyl (C=O) groups excluding carboxylic acids is 2. The van der Waals surface area contributed by atoms with Gasteiger partial charge in [0, 0.05) is 26.2 Å². The molecule has 1 heterocycles.